The first kappa shape index (κ1) is 25.5. The van der Waals surface area contributed by atoms with Crippen LogP contribution in [0.15, 0.2) is 60.3 Å². The maximum absolute atomic E-state index is 13.8. The van der Waals surface area contributed by atoms with E-state index < -0.39 is 12.0 Å². The van der Waals surface area contributed by atoms with Crippen molar-refractivity contribution in [2.45, 2.75) is 19.9 Å². The van der Waals surface area contributed by atoms with Gasteiger partial charge in [-0.3, -0.25) is 9.36 Å². The topological polar surface area (TPSA) is 95.5 Å². The molecule has 3 aromatic rings. The SMILES string of the molecule is CCOC(=O)C1=C(C)N=c2s/c(=C/c3cc(Br)c(N4CCOCC4)o3)c(=O)n2[C@@H]1c1cccc(OC)c1. The van der Waals surface area contributed by atoms with Gasteiger partial charge in [-0.25, -0.2) is 9.79 Å². The Morgan fingerprint density at radius 3 is 2.81 bits per heavy atom. The van der Waals surface area contributed by atoms with Gasteiger partial charge in [0.25, 0.3) is 5.56 Å². The number of methoxy groups -OCH3 is 1. The molecule has 0 unspecified atom stereocenters. The molecule has 11 heteroatoms. The number of halogens is 1. The molecule has 37 heavy (non-hydrogen) atoms. The van der Waals surface area contributed by atoms with Gasteiger partial charge in [-0.15, -0.1) is 0 Å². The summed E-state index contributed by atoms with van der Waals surface area (Å²) in [5, 5.41) is 0. The maximum atomic E-state index is 13.8. The Morgan fingerprint density at radius 2 is 2.08 bits per heavy atom. The summed E-state index contributed by atoms with van der Waals surface area (Å²) in [6.45, 7) is 6.43. The molecule has 2 aromatic heterocycles. The molecule has 4 heterocycles. The van der Waals surface area contributed by atoms with Crippen LogP contribution in [0.5, 0.6) is 5.75 Å². The molecule has 0 bridgehead atoms. The van der Waals surface area contributed by atoms with Crippen molar-refractivity contribution in [2.75, 3.05) is 44.9 Å². The summed E-state index contributed by atoms with van der Waals surface area (Å²) in [5.74, 6) is 1.36. The van der Waals surface area contributed by atoms with E-state index >= 15 is 0 Å². The monoisotopic (exact) mass is 587 g/mol. The molecule has 1 aromatic carbocycles. The Hall–Kier alpha value is -3.15. The number of esters is 1. The van der Waals surface area contributed by atoms with E-state index in [2.05, 4.69) is 25.8 Å². The summed E-state index contributed by atoms with van der Waals surface area (Å²) in [7, 11) is 1.57. The second-order valence-corrected chi connectivity index (χ2v) is 10.3. The number of anilines is 1. The summed E-state index contributed by atoms with van der Waals surface area (Å²) in [4.78, 5) is 34.0. The zero-order valence-electron chi connectivity index (χ0n) is 20.7. The highest BCUT2D eigenvalue weighted by atomic mass is 79.9. The number of aromatic nitrogens is 1. The molecule has 2 aliphatic rings. The first-order chi connectivity index (χ1) is 17.9. The number of ether oxygens (including phenoxy) is 3. The smallest absolute Gasteiger partial charge is 0.338 e. The molecular formula is C26H26BrN3O6S. The van der Waals surface area contributed by atoms with Crippen molar-refractivity contribution in [3.8, 4) is 5.75 Å². The lowest BCUT2D eigenvalue weighted by molar-refractivity contribution is -0.139. The number of nitrogens with zero attached hydrogens (tertiary/aromatic N) is 3. The summed E-state index contributed by atoms with van der Waals surface area (Å²) in [6, 6.07) is 8.46. The van der Waals surface area contributed by atoms with Crippen molar-refractivity contribution < 1.29 is 23.4 Å². The number of hydrogen-bond acceptors (Lipinski definition) is 9. The van der Waals surface area contributed by atoms with Crippen LogP contribution < -0.4 is 24.5 Å². The number of furan rings is 1. The average molecular weight is 588 g/mol. The molecule has 9 nitrogen and oxygen atoms in total. The molecule has 194 valence electrons. The zero-order chi connectivity index (χ0) is 26.1. The third-order valence-corrected chi connectivity index (χ3v) is 7.74. The minimum absolute atomic E-state index is 0.212. The van der Waals surface area contributed by atoms with E-state index in [1.54, 1.807) is 31.6 Å². The third-order valence-electron chi connectivity index (χ3n) is 6.19. The Morgan fingerprint density at radius 1 is 1.30 bits per heavy atom. The molecule has 0 amide bonds. The number of fused-ring (bicyclic) bond motifs is 1. The quantitative estimate of drug-likeness (QED) is 0.409. The van der Waals surface area contributed by atoms with Gasteiger partial charge in [0, 0.05) is 25.2 Å². The summed E-state index contributed by atoms with van der Waals surface area (Å²) >= 11 is 4.83. The Kier molecular flexibility index (Phi) is 7.36. The third kappa shape index (κ3) is 4.90. The van der Waals surface area contributed by atoms with Crippen molar-refractivity contribution in [1.82, 2.24) is 4.57 Å². The van der Waals surface area contributed by atoms with Gasteiger partial charge in [0.2, 0.25) is 5.88 Å². The van der Waals surface area contributed by atoms with Gasteiger partial charge in [0.15, 0.2) is 4.80 Å². The lowest BCUT2D eigenvalue weighted by atomic mass is 9.95. The number of rotatable bonds is 6. The predicted molar refractivity (Wildman–Crippen MR) is 143 cm³/mol. The van der Waals surface area contributed by atoms with E-state index in [1.165, 1.54) is 11.3 Å². The van der Waals surface area contributed by atoms with Gasteiger partial charge in [0.1, 0.15) is 11.5 Å². The van der Waals surface area contributed by atoms with Crippen LogP contribution in [-0.4, -0.2) is 50.6 Å². The van der Waals surface area contributed by atoms with Crippen molar-refractivity contribution in [1.29, 1.82) is 0 Å². The number of carbonyl (C=O) groups is 1. The van der Waals surface area contributed by atoms with Crippen molar-refractivity contribution in [2.24, 2.45) is 4.99 Å². The summed E-state index contributed by atoms with van der Waals surface area (Å²) in [6.07, 6.45) is 1.71. The summed E-state index contributed by atoms with van der Waals surface area (Å²) in [5.41, 5.74) is 1.28. The molecule has 5 rings (SSSR count). The van der Waals surface area contributed by atoms with E-state index in [0.717, 1.165) is 23.1 Å². The second kappa shape index (κ2) is 10.7. The molecule has 2 aliphatic heterocycles. The van der Waals surface area contributed by atoms with E-state index in [1.807, 2.05) is 30.3 Å². The zero-order valence-corrected chi connectivity index (χ0v) is 23.1. The molecule has 0 saturated carbocycles. The number of benzene rings is 1. The van der Waals surface area contributed by atoms with Gasteiger partial charge >= 0.3 is 5.97 Å². The van der Waals surface area contributed by atoms with E-state index in [-0.39, 0.29) is 12.2 Å². The van der Waals surface area contributed by atoms with E-state index in [0.29, 0.717) is 51.2 Å². The van der Waals surface area contributed by atoms with Crippen LogP contribution in [-0.2, 0) is 14.3 Å². The molecule has 0 spiro atoms. The number of morpholine rings is 1. The van der Waals surface area contributed by atoms with Crippen LogP contribution in [0.1, 0.15) is 31.2 Å². The van der Waals surface area contributed by atoms with Crippen LogP contribution in [0.25, 0.3) is 6.08 Å². The predicted octanol–water partition coefficient (Wildman–Crippen LogP) is 3.00. The highest BCUT2D eigenvalue weighted by Gasteiger charge is 2.33. The van der Waals surface area contributed by atoms with Crippen LogP contribution in [0.4, 0.5) is 5.88 Å². The highest BCUT2D eigenvalue weighted by molar-refractivity contribution is 9.10. The number of thiazole rings is 1. The summed E-state index contributed by atoms with van der Waals surface area (Å²) < 4.78 is 25.1. The van der Waals surface area contributed by atoms with Crippen LogP contribution in [0.3, 0.4) is 0 Å². The Labute approximate surface area is 225 Å². The van der Waals surface area contributed by atoms with Crippen LogP contribution in [0.2, 0.25) is 0 Å². The van der Waals surface area contributed by atoms with E-state index in [9.17, 15) is 9.59 Å². The largest absolute Gasteiger partial charge is 0.497 e. The van der Waals surface area contributed by atoms with Crippen molar-refractivity contribution in [3.05, 3.63) is 77.1 Å². The Balaban J connectivity index is 1.64. The van der Waals surface area contributed by atoms with Gasteiger partial charge < -0.3 is 23.5 Å². The van der Waals surface area contributed by atoms with Crippen molar-refractivity contribution in [3.63, 3.8) is 0 Å². The molecule has 1 fully saturated rings. The minimum atomic E-state index is -0.709. The lowest BCUT2D eigenvalue weighted by Crippen LogP contribution is -2.39. The minimum Gasteiger partial charge on any atom is -0.497 e. The standard InChI is InChI=1S/C26H26BrN3O6S/c1-4-35-25(32)21-15(2)28-26-30(22(21)16-6-5-7-17(12-16)33-3)23(31)20(37-26)14-18-13-19(27)24(36-18)29-8-10-34-11-9-29/h5-7,12-14,22H,4,8-11H2,1-3H3/b20-14+/t22-/m1/s1. The van der Waals surface area contributed by atoms with Gasteiger partial charge in [-0.2, -0.15) is 0 Å². The number of allylic oxidation sites excluding steroid dienone is 1. The highest BCUT2D eigenvalue weighted by Crippen LogP contribution is 2.33. The molecule has 0 radical (unpaired) electrons. The maximum Gasteiger partial charge on any atom is 0.338 e. The average Bonchev–Trinajstić information content (AvgIpc) is 3.42. The van der Waals surface area contributed by atoms with Gasteiger partial charge in [-0.05, 0) is 47.5 Å². The van der Waals surface area contributed by atoms with Gasteiger partial charge in [0.05, 0.1) is 53.2 Å². The lowest BCUT2D eigenvalue weighted by Gasteiger charge is -2.26. The second-order valence-electron chi connectivity index (χ2n) is 8.48. The normalized spacial score (nSPS) is 18.0. The van der Waals surface area contributed by atoms with Crippen molar-refractivity contribution >= 4 is 45.2 Å². The van der Waals surface area contributed by atoms with Gasteiger partial charge in [-0.1, -0.05) is 23.5 Å². The fourth-order valence-electron chi connectivity index (χ4n) is 4.48. The molecule has 0 aliphatic carbocycles. The van der Waals surface area contributed by atoms with Crippen LogP contribution in [0, 0.1) is 0 Å². The molecule has 0 N–H and O–H groups in total. The number of carbonyl (C=O) groups excluding carboxylic acids is 1. The van der Waals surface area contributed by atoms with Crippen LogP contribution >= 0.6 is 27.3 Å². The fraction of sp³-hybridized carbons (Fsp3) is 0.346. The molecule has 1 saturated heterocycles. The first-order valence-electron chi connectivity index (χ1n) is 11.9. The molecule has 1 atom stereocenters. The Bertz CT molecular complexity index is 1550. The first-order valence-corrected chi connectivity index (χ1v) is 13.5. The molecular weight excluding hydrogens is 562 g/mol. The number of hydrogen-bond donors (Lipinski definition) is 0. The van der Waals surface area contributed by atoms with E-state index in [4.69, 9.17) is 18.6 Å². The fourth-order valence-corrected chi connectivity index (χ4v) is 6.06.